The SMILES string of the molecule is C=C(c1ccc(F)cc1)c1nc(C(=O)O)cnc1NC1CCN(C)C1. The Hall–Kier alpha value is -2.80. The van der Waals surface area contributed by atoms with E-state index in [0.717, 1.165) is 19.5 Å². The highest BCUT2D eigenvalue weighted by Crippen LogP contribution is 2.27. The number of carbonyl (C=O) groups is 1. The van der Waals surface area contributed by atoms with Crippen LogP contribution in [-0.4, -0.2) is 52.1 Å². The molecule has 7 heteroatoms. The third-order valence-electron chi connectivity index (χ3n) is 4.20. The van der Waals surface area contributed by atoms with E-state index in [1.807, 2.05) is 7.05 Å². The molecular weight excluding hydrogens is 323 g/mol. The van der Waals surface area contributed by atoms with Gasteiger partial charge in [0.05, 0.1) is 6.20 Å². The van der Waals surface area contributed by atoms with Crippen molar-refractivity contribution in [3.05, 3.63) is 59.8 Å². The van der Waals surface area contributed by atoms with Gasteiger partial charge in [0, 0.05) is 18.2 Å². The van der Waals surface area contributed by atoms with Gasteiger partial charge in [0.25, 0.3) is 0 Å². The second kappa shape index (κ2) is 6.98. The Morgan fingerprint density at radius 1 is 1.40 bits per heavy atom. The predicted molar refractivity (Wildman–Crippen MR) is 93.1 cm³/mol. The molecule has 1 saturated heterocycles. The molecule has 1 aliphatic heterocycles. The first-order valence-corrected chi connectivity index (χ1v) is 7.94. The van der Waals surface area contributed by atoms with E-state index in [1.54, 1.807) is 12.1 Å². The van der Waals surface area contributed by atoms with Gasteiger partial charge in [0.15, 0.2) is 11.5 Å². The molecule has 0 aliphatic carbocycles. The van der Waals surface area contributed by atoms with E-state index in [-0.39, 0.29) is 17.6 Å². The summed E-state index contributed by atoms with van der Waals surface area (Å²) < 4.78 is 13.2. The standard InChI is InChI=1S/C18H19FN4O2/c1-11(12-3-5-13(19)6-4-12)16-17(20-9-15(22-16)18(24)25)21-14-7-8-23(2)10-14/h3-6,9,14H,1,7-8,10H2,2H3,(H,20,21)(H,24,25). The second-order valence-corrected chi connectivity index (χ2v) is 6.14. The monoisotopic (exact) mass is 342 g/mol. The zero-order valence-electron chi connectivity index (χ0n) is 13.9. The summed E-state index contributed by atoms with van der Waals surface area (Å²) >= 11 is 0. The van der Waals surface area contributed by atoms with Crippen LogP contribution in [0, 0.1) is 5.82 Å². The van der Waals surface area contributed by atoms with Gasteiger partial charge < -0.3 is 15.3 Å². The average molecular weight is 342 g/mol. The summed E-state index contributed by atoms with van der Waals surface area (Å²) in [5.74, 6) is -1.03. The van der Waals surface area contributed by atoms with Gasteiger partial charge in [0.2, 0.25) is 0 Å². The van der Waals surface area contributed by atoms with Gasteiger partial charge in [-0.25, -0.2) is 19.2 Å². The number of nitrogens with zero attached hydrogens (tertiary/aromatic N) is 3. The third-order valence-corrected chi connectivity index (χ3v) is 4.20. The van der Waals surface area contributed by atoms with Crippen molar-refractivity contribution in [3.8, 4) is 0 Å². The first kappa shape index (κ1) is 17.0. The van der Waals surface area contributed by atoms with Crippen molar-refractivity contribution in [1.82, 2.24) is 14.9 Å². The Morgan fingerprint density at radius 3 is 2.72 bits per heavy atom. The summed E-state index contributed by atoms with van der Waals surface area (Å²) in [6, 6.07) is 6.02. The maximum Gasteiger partial charge on any atom is 0.356 e. The normalized spacial score (nSPS) is 17.4. The van der Waals surface area contributed by atoms with E-state index in [2.05, 4.69) is 26.8 Å². The van der Waals surface area contributed by atoms with Crippen molar-refractivity contribution < 1.29 is 14.3 Å². The minimum Gasteiger partial charge on any atom is -0.476 e. The van der Waals surface area contributed by atoms with Crippen LogP contribution in [0.5, 0.6) is 0 Å². The average Bonchev–Trinajstić information content (AvgIpc) is 3.00. The molecule has 0 radical (unpaired) electrons. The number of rotatable bonds is 5. The number of anilines is 1. The van der Waals surface area contributed by atoms with E-state index in [9.17, 15) is 14.3 Å². The maximum atomic E-state index is 13.2. The molecule has 0 amide bonds. The number of carboxylic acids is 1. The summed E-state index contributed by atoms with van der Waals surface area (Å²) in [5.41, 5.74) is 1.35. The maximum absolute atomic E-state index is 13.2. The molecular formula is C18H19FN4O2. The van der Waals surface area contributed by atoms with Crippen LogP contribution in [0.15, 0.2) is 37.0 Å². The molecule has 6 nitrogen and oxygen atoms in total. The van der Waals surface area contributed by atoms with E-state index < -0.39 is 5.97 Å². The fraction of sp³-hybridized carbons (Fsp3) is 0.278. The van der Waals surface area contributed by atoms with Crippen molar-refractivity contribution in [1.29, 1.82) is 0 Å². The van der Waals surface area contributed by atoms with Crippen LogP contribution < -0.4 is 5.32 Å². The Kier molecular flexibility index (Phi) is 4.76. The highest BCUT2D eigenvalue weighted by atomic mass is 19.1. The minimum absolute atomic E-state index is 0.160. The number of carboxylic acid groups (broad SMARTS) is 1. The molecule has 2 aromatic rings. The van der Waals surface area contributed by atoms with Gasteiger partial charge >= 0.3 is 5.97 Å². The van der Waals surface area contributed by atoms with Crippen molar-refractivity contribution >= 4 is 17.4 Å². The number of aromatic carboxylic acids is 1. The molecule has 1 atom stereocenters. The number of benzene rings is 1. The molecule has 3 rings (SSSR count). The summed E-state index contributed by atoms with van der Waals surface area (Å²) in [7, 11) is 2.04. The predicted octanol–water partition coefficient (Wildman–Crippen LogP) is 2.49. The third kappa shape index (κ3) is 3.83. The van der Waals surface area contributed by atoms with Crippen LogP contribution in [0.2, 0.25) is 0 Å². The fourth-order valence-corrected chi connectivity index (χ4v) is 2.84. The summed E-state index contributed by atoms with van der Waals surface area (Å²) in [4.78, 5) is 21.9. The van der Waals surface area contributed by atoms with E-state index in [4.69, 9.17) is 0 Å². The molecule has 1 fully saturated rings. The van der Waals surface area contributed by atoms with Crippen molar-refractivity contribution in [2.75, 3.05) is 25.5 Å². The summed E-state index contributed by atoms with van der Waals surface area (Å²) in [5, 5.41) is 12.5. The van der Waals surface area contributed by atoms with Crippen molar-refractivity contribution in [2.45, 2.75) is 12.5 Å². The molecule has 1 aromatic carbocycles. The molecule has 1 aliphatic rings. The molecule has 130 valence electrons. The number of nitrogens with one attached hydrogen (secondary N) is 1. The zero-order valence-corrected chi connectivity index (χ0v) is 13.9. The largest absolute Gasteiger partial charge is 0.476 e. The lowest BCUT2D eigenvalue weighted by atomic mass is 10.0. The Bertz CT molecular complexity index is 807. The number of hydrogen-bond donors (Lipinski definition) is 2. The lowest BCUT2D eigenvalue weighted by Crippen LogP contribution is -2.25. The smallest absolute Gasteiger partial charge is 0.356 e. The number of likely N-dealkylation sites (N-methyl/N-ethyl adjacent to an activating group) is 1. The Labute approximate surface area is 145 Å². The van der Waals surface area contributed by atoms with Crippen LogP contribution in [0.1, 0.15) is 28.2 Å². The van der Waals surface area contributed by atoms with Gasteiger partial charge in [0.1, 0.15) is 11.5 Å². The Morgan fingerprint density at radius 2 is 2.12 bits per heavy atom. The molecule has 0 saturated carbocycles. The van der Waals surface area contributed by atoms with Crippen LogP contribution >= 0.6 is 0 Å². The fourth-order valence-electron chi connectivity index (χ4n) is 2.84. The first-order chi connectivity index (χ1) is 11.9. The molecule has 2 heterocycles. The minimum atomic E-state index is -1.16. The summed E-state index contributed by atoms with van der Waals surface area (Å²) in [6.45, 7) is 5.85. The van der Waals surface area contributed by atoms with E-state index in [1.165, 1.54) is 18.3 Å². The van der Waals surface area contributed by atoms with Gasteiger partial charge in [-0.2, -0.15) is 0 Å². The van der Waals surface area contributed by atoms with Gasteiger partial charge in [-0.15, -0.1) is 0 Å². The number of aromatic nitrogens is 2. The molecule has 0 bridgehead atoms. The van der Waals surface area contributed by atoms with Crippen molar-refractivity contribution in [3.63, 3.8) is 0 Å². The topological polar surface area (TPSA) is 78.3 Å². The quantitative estimate of drug-likeness (QED) is 0.869. The lowest BCUT2D eigenvalue weighted by Gasteiger charge is -2.17. The second-order valence-electron chi connectivity index (χ2n) is 6.14. The highest BCUT2D eigenvalue weighted by molar-refractivity contribution is 5.88. The van der Waals surface area contributed by atoms with Crippen molar-refractivity contribution in [2.24, 2.45) is 0 Å². The van der Waals surface area contributed by atoms with E-state index in [0.29, 0.717) is 22.6 Å². The zero-order chi connectivity index (χ0) is 18.0. The molecule has 1 unspecified atom stereocenters. The highest BCUT2D eigenvalue weighted by Gasteiger charge is 2.22. The van der Waals surface area contributed by atoms with Crippen LogP contribution in [-0.2, 0) is 0 Å². The van der Waals surface area contributed by atoms with Crippen LogP contribution in [0.4, 0.5) is 10.2 Å². The van der Waals surface area contributed by atoms with Crippen LogP contribution in [0.3, 0.4) is 0 Å². The van der Waals surface area contributed by atoms with E-state index >= 15 is 0 Å². The first-order valence-electron chi connectivity index (χ1n) is 7.94. The molecule has 0 spiro atoms. The number of likely N-dealkylation sites (tertiary alicyclic amines) is 1. The van der Waals surface area contributed by atoms with Gasteiger partial charge in [-0.05, 0) is 37.7 Å². The number of halogens is 1. The Balaban J connectivity index is 1.95. The molecule has 1 aromatic heterocycles. The lowest BCUT2D eigenvalue weighted by molar-refractivity contribution is 0.0690. The van der Waals surface area contributed by atoms with Gasteiger partial charge in [-0.1, -0.05) is 18.7 Å². The summed E-state index contributed by atoms with van der Waals surface area (Å²) in [6.07, 6.45) is 2.19. The van der Waals surface area contributed by atoms with Gasteiger partial charge in [-0.3, -0.25) is 0 Å². The number of hydrogen-bond acceptors (Lipinski definition) is 5. The molecule has 2 N–H and O–H groups in total. The molecule has 25 heavy (non-hydrogen) atoms. The van der Waals surface area contributed by atoms with Crippen LogP contribution in [0.25, 0.3) is 5.57 Å².